The fourth-order valence-corrected chi connectivity index (χ4v) is 5.30. The van der Waals surface area contributed by atoms with Crippen molar-refractivity contribution in [1.82, 2.24) is 14.7 Å². The summed E-state index contributed by atoms with van der Waals surface area (Å²) in [5, 5.41) is 6.37. The summed E-state index contributed by atoms with van der Waals surface area (Å²) in [5.41, 5.74) is 2.99. The molecule has 0 N–H and O–H groups in total. The van der Waals surface area contributed by atoms with Gasteiger partial charge in [-0.1, -0.05) is 11.6 Å². The smallest absolute Gasteiger partial charge is 0.264 e. The molecule has 2 aromatic carbocycles. The predicted octanol–water partition coefficient (Wildman–Crippen LogP) is 5.02. The number of benzene rings is 2. The van der Waals surface area contributed by atoms with Gasteiger partial charge < -0.3 is 14.5 Å². The van der Waals surface area contributed by atoms with Gasteiger partial charge in [-0.2, -0.15) is 5.10 Å². The van der Waals surface area contributed by atoms with Gasteiger partial charge in [-0.15, -0.1) is 11.3 Å². The number of ether oxygens (including phenoxy) is 1. The van der Waals surface area contributed by atoms with Crippen molar-refractivity contribution < 1.29 is 9.53 Å². The Kier molecular flexibility index (Phi) is 5.53. The van der Waals surface area contributed by atoms with E-state index in [4.69, 9.17) is 16.3 Å². The Balaban J connectivity index is 1.33. The first-order valence-electron chi connectivity index (χ1n) is 10.5. The third kappa shape index (κ3) is 3.82. The zero-order chi connectivity index (χ0) is 22.2. The number of anilines is 1. The molecule has 0 atom stereocenters. The Bertz CT molecular complexity index is 1260. The van der Waals surface area contributed by atoms with Crippen LogP contribution >= 0.6 is 22.9 Å². The maximum absolute atomic E-state index is 13.3. The minimum atomic E-state index is 0.0858. The number of rotatable bonds is 4. The van der Waals surface area contributed by atoms with E-state index in [9.17, 15) is 4.79 Å². The van der Waals surface area contributed by atoms with Crippen molar-refractivity contribution in [3.8, 4) is 11.4 Å². The summed E-state index contributed by atoms with van der Waals surface area (Å²) < 4.78 is 7.13. The van der Waals surface area contributed by atoms with E-state index >= 15 is 0 Å². The first kappa shape index (κ1) is 20.8. The lowest BCUT2D eigenvalue weighted by Gasteiger charge is -2.36. The molecule has 1 saturated heterocycles. The number of aromatic nitrogens is 2. The van der Waals surface area contributed by atoms with Gasteiger partial charge in [-0.05, 0) is 61.5 Å². The number of fused-ring (bicyclic) bond motifs is 1. The molecule has 2 aromatic heterocycles. The highest BCUT2D eigenvalue weighted by Gasteiger charge is 2.25. The van der Waals surface area contributed by atoms with E-state index in [1.807, 2.05) is 59.0 Å². The monoisotopic (exact) mass is 466 g/mol. The summed E-state index contributed by atoms with van der Waals surface area (Å²) in [5.74, 6) is 0.933. The molecule has 8 heteroatoms. The summed E-state index contributed by atoms with van der Waals surface area (Å²) in [7, 11) is 1.67. The highest BCUT2D eigenvalue weighted by Crippen LogP contribution is 2.32. The van der Waals surface area contributed by atoms with Crippen LogP contribution in [-0.2, 0) is 0 Å². The van der Waals surface area contributed by atoms with Crippen LogP contribution in [0.1, 0.15) is 15.4 Å². The Morgan fingerprint density at radius 1 is 1.00 bits per heavy atom. The summed E-state index contributed by atoms with van der Waals surface area (Å²) in [6.45, 7) is 4.98. The zero-order valence-electron chi connectivity index (χ0n) is 17.9. The van der Waals surface area contributed by atoms with E-state index in [0.717, 1.165) is 51.0 Å². The van der Waals surface area contributed by atoms with Gasteiger partial charge in [0, 0.05) is 42.3 Å². The standard InChI is InChI=1S/C24H23ClN4O2S/c1-16-21-15-22(32-24(21)29(26-16)19-5-3-17(25)4-6-19)23(30)28-13-11-27(12-14-28)18-7-9-20(31-2)10-8-18/h3-10,15H,11-14H2,1-2H3. The molecule has 0 bridgehead atoms. The van der Waals surface area contributed by atoms with Crippen molar-refractivity contribution in [2.45, 2.75) is 6.92 Å². The molecule has 3 heterocycles. The quantitative estimate of drug-likeness (QED) is 0.423. The number of piperazine rings is 1. The zero-order valence-corrected chi connectivity index (χ0v) is 19.5. The molecule has 0 saturated carbocycles. The number of thiophene rings is 1. The number of amides is 1. The molecular weight excluding hydrogens is 444 g/mol. The number of hydrogen-bond donors (Lipinski definition) is 0. The minimum Gasteiger partial charge on any atom is -0.497 e. The molecule has 164 valence electrons. The van der Waals surface area contributed by atoms with Gasteiger partial charge in [-0.25, -0.2) is 4.68 Å². The van der Waals surface area contributed by atoms with Gasteiger partial charge in [0.25, 0.3) is 5.91 Å². The Labute approximate surface area is 195 Å². The van der Waals surface area contributed by atoms with Gasteiger partial charge in [0.2, 0.25) is 0 Å². The van der Waals surface area contributed by atoms with Crippen LogP contribution in [0.5, 0.6) is 5.75 Å². The van der Waals surface area contributed by atoms with E-state index in [1.165, 1.54) is 11.3 Å². The third-order valence-electron chi connectivity index (χ3n) is 5.83. The van der Waals surface area contributed by atoms with E-state index in [-0.39, 0.29) is 5.91 Å². The molecular formula is C24H23ClN4O2S. The number of aryl methyl sites for hydroxylation is 1. The highest BCUT2D eigenvalue weighted by atomic mass is 35.5. The van der Waals surface area contributed by atoms with E-state index in [2.05, 4.69) is 22.1 Å². The second-order valence-corrected chi connectivity index (χ2v) is 9.25. The fourth-order valence-electron chi connectivity index (χ4n) is 4.03. The van der Waals surface area contributed by atoms with E-state index in [0.29, 0.717) is 18.1 Å². The SMILES string of the molecule is COc1ccc(N2CCN(C(=O)c3cc4c(C)nn(-c5ccc(Cl)cc5)c4s3)CC2)cc1. The lowest BCUT2D eigenvalue weighted by atomic mass is 10.2. The molecule has 0 spiro atoms. The van der Waals surface area contributed by atoms with Crippen molar-refractivity contribution in [3.63, 3.8) is 0 Å². The number of methoxy groups -OCH3 is 1. The molecule has 32 heavy (non-hydrogen) atoms. The first-order chi connectivity index (χ1) is 15.5. The lowest BCUT2D eigenvalue weighted by molar-refractivity contribution is 0.0751. The number of hydrogen-bond acceptors (Lipinski definition) is 5. The summed E-state index contributed by atoms with van der Waals surface area (Å²) in [6, 6.07) is 17.6. The van der Waals surface area contributed by atoms with Gasteiger partial charge in [0.1, 0.15) is 10.6 Å². The molecule has 0 radical (unpaired) electrons. The predicted molar refractivity (Wildman–Crippen MR) is 130 cm³/mol. The van der Waals surface area contributed by atoms with Crippen LogP contribution in [0.4, 0.5) is 5.69 Å². The average molecular weight is 467 g/mol. The molecule has 4 aromatic rings. The van der Waals surface area contributed by atoms with Crippen LogP contribution in [0.15, 0.2) is 54.6 Å². The summed E-state index contributed by atoms with van der Waals surface area (Å²) >= 11 is 7.53. The molecule has 0 aliphatic carbocycles. The van der Waals surface area contributed by atoms with Gasteiger partial charge in [0.15, 0.2) is 0 Å². The van der Waals surface area contributed by atoms with Crippen LogP contribution in [0, 0.1) is 6.92 Å². The van der Waals surface area contributed by atoms with Crippen LogP contribution in [-0.4, -0.2) is 53.9 Å². The number of nitrogens with zero attached hydrogens (tertiary/aromatic N) is 4. The topological polar surface area (TPSA) is 50.6 Å². The number of carbonyl (C=O) groups is 1. The normalized spacial score (nSPS) is 14.2. The van der Waals surface area contributed by atoms with Crippen molar-refractivity contribution >= 4 is 44.7 Å². The number of carbonyl (C=O) groups excluding carboxylic acids is 1. The Hall–Kier alpha value is -3.03. The maximum Gasteiger partial charge on any atom is 0.264 e. The number of halogens is 1. The molecule has 1 aliphatic rings. The fraction of sp³-hybridized carbons (Fsp3) is 0.250. The van der Waals surface area contributed by atoms with Crippen molar-refractivity contribution in [1.29, 1.82) is 0 Å². The summed E-state index contributed by atoms with van der Waals surface area (Å²) in [6.07, 6.45) is 0. The van der Waals surface area contributed by atoms with Gasteiger partial charge >= 0.3 is 0 Å². The molecule has 5 rings (SSSR count). The second-order valence-electron chi connectivity index (χ2n) is 7.78. The molecule has 1 aliphatic heterocycles. The van der Waals surface area contributed by atoms with Crippen LogP contribution in [0.25, 0.3) is 15.9 Å². The maximum atomic E-state index is 13.3. The van der Waals surface area contributed by atoms with Gasteiger partial charge in [0.05, 0.1) is 23.4 Å². The van der Waals surface area contributed by atoms with Crippen molar-refractivity contribution in [2.75, 3.05) is 38.2 Å². The van der Waals surface area contributed by atoms with E-state index < -0.39 is 0 Å². The molecule has 1 amide bonds. The molecule has 1 fully saturated rings. The van der Waals surface area contributed by atoms with Crippen LogP contribution < -0.4 is 9.64 Å². The van der Waals surface area contributed by atoms with Crippen LogP contribution in [0.3, 0.4) is 0 Å². The van der Waals surface area contributed by atoms with Crippen molar-refractivity contribution in [2.24, 2.45) is 0 Å². The molecule has 0 unspecified atom stereocenters. The average Bonchev–Trinajstić information content (AvgIpc) is 3.40. The summed E-state index contributed by atoms with van der Waals surface area (Å²) in [4.78, 5) is 19.2. The minimum absolute atomic E-state index is 0.0858. The van der Waals surface area contributed by atoms with E-state index in [1.54, 1.807) is 7.11 Å². The largest absolute Gasteiger partial charge is 0.497 e. The second kappa shape index (κ2) is 8.48. The van der Waals surface area contributed by atoms with Gasteiger partial charge in [-0.3, -0.25) is 4.79 Å². The lowest BCUT2D eigenvalue weighted by Crippen LogP contribution is -2.48. The van der Waals surface area contributed by atoms with Crippen molar-refractivity contribution in [3.05, 3.63) is 70.2 Å². The third-order valence-corrected chi connectivity index (χ3v) is 7.18. The Morgan fingerprint density at radius 2 is 1.66 bits per heavy atom. The molecule has 6 nitrogen and oxygen atoms in total. The van der Waals surface area contributed by atoms with Crippen LogP contribution in [0.2, 0.25) is 5.02 Å². The highest BCUT2D eigenvalue weighted by molar-refractivity contribution is 7.20. The first-order valence-corrected chi connectivity index (χ1v) is 11.7. The Morgan fingerprint density at radius 3 is 2.31 bits per heavy atom.